The number of benzene rings is 2. The molecule has 0 fully saturated rings. The minimum Gasteiger partial charge on any atom is -0.358 e. The van der Waals surface area contributed by atoms with Gasteiger partial charge in [-0.2, -0.15) is 0 Å². The Morgan fingerprint density at radius 2 is 1.39 bits per heavy atom. The van der Waals surface area contributed by atoms with E-state index in [9.17, 15) is 4.79 Å². The molecule has 0 aliphatic carbocycles. The van der Waals surface area contributed by atoms with Crippen molar-refractivity contribution in [3.05, 3.63) is 66.2 Å². The van der Waals surface area contributed by atoms with E-state index in [1.807, 2.05) is 60.7 Å². The van der Waals surface area contributed by atoms with Gasteiger partial charge in [0.25, 0.3) is 0 Å². The molecule has 23 heavy (non-hydrogen) atoms. The molecule has 5 nitrogen and oxygen atoms in total. The average Bonchev–Trinajstić information content (AvgIpc) is 2.54. The summed E-state index contributed by atoms with van der Waals surface area (Å²) >= 11 is 10.1. The molecule has 0 radical (unpaired) electrons. The van der Waals surface area contributed by atoms with Gasteiger partial charge in [-0.3, -0.25) is 10.6 Å². The van der Waals surface area contributed by atoms with Crippen molar-refractivity contribution in [1.29, 1.82) is 0 Å². The van der Waals surface area contributed by atoms with Crippen molar-refractivity contribution in [2.75, 3.05) is 5.32 Å². The number of carbonyl (C=O) groups is 1. The Morgan fingerprint density at radius 3 is 2.04 bits per heavy atom. The minimum absolute atomic E-state index is 0.194. The summed E-state index contributed by atoms with van der Waals surface area (Å²) in [6, 6.07) is 18.6. The van der Waals surface area contributed by atoms with Crippen molar-refractivity contribution in [2.45, 2.75) is 6.54 Å². The van der Waals surface area contributed by atoms with Crippen molar-refractivity contribution >= 4 is 46.4 Å². The van der Waals surface area contributed by atoms with Crippen LogP contribution in [-0.2, 0) is 6.54 Å². The normalized spacial score (nSPS) is 9.57. The van der Waals surface area contributed by atoms with Gasteiger partial charge in [0.05, 0.1) is 0 Å². The maximum absolute atomic E-state index is 11.8. The molecule has 0 unspecified atom stereocenters. The fourth-order valence-corrected chi connectivity index (χ4v) is 2.12. The van der Waals surface area contributed by atoms with Crippen LogP contribution in [0.15, 0.2) is 60.7 Å². The van der Waals surface area contributed by atoms with E-state index >= 15 is 0 Å². The molecular formula is C16H16N4OS2. The fraction of sp³-hybridized carbons (Fsp3) is 0.0625. The van der Waals surface area contributed by atoms with Gasteiger partial charge < -0.3 is 10.6 Å². The van der Waals surface area contributed by atoms with Crippen LogP contribution in [-0.4, -0.2) is 16.3 Å². The Bertz CT molecular complexity index is 677. The quantitative estimate of drug-likeness (QED) is 0.645. The molecule has 2 aromatic rings. The standard InChI is InChI=1S/C16H16N4OS2/c21-14(20-16(23)18-13-9-5-2-6-10-13)19-15(22)17-11-12-7-3-1-4-8-12/h1-10H,11H2,(H4,17,18,19,20,21,22,23). The van der Waals surface area contributed by atoms with Crippen LogP contribution in [0.2, 0.25) is 0 Å². The van der Waals surface area contributed by atoms with Crippen LogP contribution in [0.1, 0.15) is 5.56 Å². The maximum Gasteiger partial charge on any atom is 0.327 e. The second-order valence-electron chi connectivity index (χ2n) is 4.57. The molecule has 2 amide bonds. The predicted molar refractivity (Wildman–Crippen MR) is 100 cm³/mol. The largest absolute Gasteiger partial charge is 0.358 e. The smallest absolute Gasteiger partial charge is 0.327 e. The van der Waals surface area contributed by atoms with E-state index in [4.69, 9.17) is 24.4 Å². The van der Waals surface area contributed by atoms with Gasteiger partial charge in [-0.05, 0) is 42.1 Å². The molecule has 0 aliphatic rings. The Hall–Kier alpha value is -2.51. The first kappa shape index (κ1) is 16.9. The van der Waals surface area contributed by atoms with Gasteiger partial charge in [0, 0.05) is 12.2 Å². The molecule has 4 N–H and O–H groups in total. The Balaban J connectivity index is 1.71. The molecule has 0 saturated heterocycles. The summed E-state index contributed by atoms with van der Waals surface area (Å²) in [6.07, 6.45) is 0. The van der Waals surface area contributed by atoms with Crippen LogP contribution in [0.5, 0.6) is 0 Å². The molecule has 2 aromatic carbocycles. The lowest BCUT2D eigenvalue weighted by molar-refractivity contribution is 0.249. The van der Waals surface area contributed by atoms with Gasteiger partial charge in [0.2, 0.25) is 0 Å². The Kier molecular flexibility index (Phi) is 6.46. The number of rotatable bonds is 3. The molecule has 0 bridgehead atoms. The average molecular weight is 344 g/mol. The van der Waals surface area contributed by atoms with Crippen LogP contribution in [0.4, 0.5) is 10.5 Å². The van der Waals surface area contributed by atoms with E-state index in [0.717, 1.165) is 11.3 Å². The van der Waals surface area contributed by atoms with Crippen molar-refractivity contribution in [1.82, 2.24) is 16.0 Å². The number of thiocarbonyl (C=S) groups is 2. The van der Waals surface area contributed by atoms with Crippen molar-refractivity contribution in [3.8, 4) is 0 Å². The summed E-state index contributed by atoms with van der Waals surface area (Å²) < 4.78 is 0. The summed E-state index contributed by atoms with van der Waals surface area (Å²) in [5, 5.41) is 11.3. The first-order valence-electron chi connectivity index (χ1n) is 6.89. The highest BCUT2D eigenvalue weighted by Gasteiger charge is 2.06. The van der Waals surface area contributed by atoms with Crippen molar-refractivity contribution in [2.24, 2.45) is 0 Å². The van der Waals surface area contributed by atoms with Gasteiger partial charge in [-0.1, -0.05) is 48.5 Å². The second-order valence-corrected chi connectivity index (χ2v) is 5.38. The Labute approximate surface area is 145 Å². The number of carbonyl (C=O) groups excluding carboxylic acids is 1. The lowest BCUT2D eigenvalue weighted by atomic mass is 10.2. The monoisotopic (exact) mass is 344 g/mol. The number of anilines is 1. The highest BCUT2D eigenvalue weighted by Crippen LogP contribution is 2.04. The molecule has 7 heteroatoms. The number of hydrogen-bond acceptors (Lipinski definition) is 3. The van der Waals surface area contributed by atoms with E-state index in [1.54, 1.807) is 0 Å². The summed E-state index contributed by atoms with van der Waals surface area (Å²) in [4.78, 5) is 11.8. The lowest BCUT2D eigenvalue weighted by Crippen LogP contribution is -2.47. The zero-order valence-electron chi connectivity index (χ0n) is 12.2. The first-order chi connectivity index (χ1) is 11.1. The predicted octanol–water partition coefficient (Wildman–Crippen LogP) is 2.76. The van der Waals surface area contributed by atoms with E-state index < -0.39 is 6.03 Å². The molecule has 0 heterocycles. The molecule has 0 spiro atoms. The van der Waals surface area contributed by atoms with Crippen molar-refractivity contribution < 1.29 is 4.79 Å². The second kappa shape index (κ2) is 8.82. The van der Waals surface area contributed by atoms with Crippen LogP contribution >= 0.6 is 24.4 Å². The minimum atomic E-state index is -0.496. The molecule has 118 valence electrons. The van der Waals surface area contributed by atoms with Crippen LogP contribution in [0, 0.1) is 0 Å². The fourth-order valence-electron chi connectivity index (χ4n) is 1.74. The topological polar surface area (TPSA) is 65.2 Å². The van der Waals surface area contributed by atoms with Gasteiger partial charge in [0.15, 0.2) is 10.2 Å². The highest BCUT2D eigenvalue weighted by atomic mass is 32.1. The maximum atomic E-state index is 11.8. The Morgan fingerprint density at radius 1 is 0.826 bits per heavy atom. The van der Waals surface area contributed by atoms with E-state index in [-0.39, 0.29) is 10.2 Å². The third-order valence-electron chi connectivity index (χ3n) is 2.78. The van der Waals surface area contributed by atoms with Gasteiger partial charge in [-0.15, -0.1) is 0 Å². The molecular weight excluding hydrogens is 328 g/mol. The zero-order valence-corrected chi connectivity index (χ0v) is 13.8. The van der Waals surface area contributed by atoms with E-state index in [1.165, 1.54) is 0 Å². The summed E-state index contributed by atoms with van der Waals surface area (Å²) in [5.41, 5.74) is 1.86. The van der Waals surface area contributed by atoms with Gasteiger partial charge >= 0.3 is 6.03 Å². The number of amides is 2. The summed E-state index contributed by atoms with van der Waals surface area (Å²) in [6.45, 7) is 0.534. The van der Waals surface area contributed by atoms with Crippen LogP contribution in [0.25, 0.3) is 0 Å². The molecule has 0 saturated carbocycles. The molecule has 2 rings (SSSR count). The third kappa shape index (κ3) is 6.41. The van der Waals surface area contributed by atoms with Gasteiger partial charge in [-0.25, -0.2) is 4.79 Å². The van der Waals surface area contributed by atoms with Crippen molar-refractivity contribution in [3.63, 3.8) is 0 Å². The lowest BCUT2D eigenvalue weighted by Gasteiger charge is -2.12. The molecule has 0 atom stereocenters. The van der Waals surface area contributed by atoms with Crippen LogP contribution < -0.4 is 21.3 Å². The zero-order chi connectivity index (χ0) is 16.5. The van der Waals surface area contributed by atoms with Crippen LogP contribution in [0.3, 0.4) is 0 Å². The van der Waals surface area contributed by atoms with Gasteiger partial charge in [0.1, 0.15) is 0 Å². The number of para-hydroxylation sites is 1. The molecule has 0 aromatic heterocycles. The van der Waals surface area contributed by atoms with E-state index in [0.29, 0.717) is 6.54 Å². The number of hydrogen-bond donors (Lipinski definition) is 4. The number of nitrogens with one attached hydrogen (secondary N) is 4. The summed E-state index contributed by atoms with van der Waals surface area (Å²) in [7, 11) is 0. The van der Waals surface area contributed by atoms with E-state index in [2.05, 4.69) is 21.3 Å². The SMILES string of the molecule is O=C(NC(=S)NCc1ccccc1)NC(=S)Nc1ccccc1. The first-order valence-corrected chi connectivity index (χ1v) is 7.71. The summed E-state index contributed by atoms with van der Waals surface area (Å²) in [5.74, 6) is 0. The number of urea groups is 1. The highest BCUT2D eigenvalue weighted by molar-refractivity contribution is 7.80. The third-order valence-corrected chi connectivity index (χ3v) is 3.23. The molecule has 0 aliphatic heterocycles.